The van der Waals surface area contributed by atoms with E-state index in [0.717, 1.165) is 19.6 Å². The van der Waals surface area contributed by atoms with E-state index in [0.29, 0.717) is 0 Å². The second-order valence-electron chi connectivity index (χ2n) is 2.56. The molecule has 1 aromatic rings. The topological polar surface area (TPSA) is 37.0 Å². The summed E-state index contributed by atoms with van der Waals surface area (Å²) in [5, 5.41) is 9.61. The molecule has 0 aliphatic carbocycles. The van der Waals surface area contributed by atoms with Gasteiger partial charge in [0.1, 0.15) is 5.01 Å². The van der Waals surface area contributed by atoms with E-state index in [1.807, 2.05) is 18.6 Å². The van der Waals surface area contributed by atoms with Gasteiger partial charge in [0.05, 0.1) is 0 Å². The maximum Gasteiger partial charge on any atom is 0.106 e. The van der Waals surface area contributed by atoms with Gasteiger partial charge in [-0.1, -0.05) is 0 Å². The van der Waals surface area contributed by atoms with E-state index >= 15 is 0 Å². The van der Waals surface area contributed by atoms with E-state index in [-0.39, 0.29) is 0 Å². The van der Waals surface area contributed by atoms with E-state index in [1.54, 1.807) is 11.3 Å². The highest BCUT2D eigenvalue weighted by Crippen LogP contribution is 2.02. The van der Waals surface area contributed by atoms with Crippen molar-refractivity contribution in [3.63, 3.8) is 0 Å². The van der Waals surface area contributed by atoms with Crippen LogP contribution in [-0.2, 0) is 6.54 Å². The van der Waals surface area contributed by atoms with Crippen LogP contribution in [0.2, 0.25) is 0 Å². The number of thiazole rings is 1. The van der Waals surface area contributed by atoms with E-state index in [4.69, 9.17) is 0 Å². The van der Waals surface area contributed by atoms with Gasteiger partial charge in [0, 0.05) is 18.1 Å². The zero-order valence-corrected chi connectivity index (χ0v) is 8.16. The molecule has 1 aromatic heterocycles. The minimum absolute atomic E-state index is 0.904. The molecule has 2 N–H and O–H groups in total. The summed E-state index contributed by atoms with van der Waals surface area (Å²) < 4.78 is 0. The Morgan fingerprint density at radius 1 is 1.50 bits per heavy atom. The van der Waals surface area contributed by atoms with Gasteiger partial charge >= 0.3 is 0 Å². The lowest BCUT2D eigenvalue weighted by atomic mass is 10.4. The third-order valence-corrected chi connectivity index (χ3v) is 2.32. The molecule has 1 rings (SSSR count). The van der Waals surface area contributed by atoms with Gasteiger partial charge in [0.2, 0.25) is 0 Å². The molecular weight excluding hydrogens is 170 g/mol. The lowest BCUT2D eigenvalue weighted by Crippen LogP contribution is -2.19. The second-order valence-corrected chi connectivity index (χ2v) is 3.54. The molecule has 0 spiro atoms. The summed E-state index contributed by atoms with van der Waals surface area (Å²) in [7, 11) is 1.97. The number of nitrogens with zero attached hydrogens (tertiary/aromatic N) is 1. The summed E-state index contributed by atoms with van der Waals surface area (Å²) in [5.74, 6) is 0. The first-order valence-electron chi connectivity index (χ1n) is 4.17. The smallest absolute Gasteiger partial charge is 0.106 e. The fourth-order valence-corrected chi connectivity index (χ4v) is 1.51. The van der Waals surface area contributed by atoms with E-state index in [9.17, 15) is 0 Å². The standard InChI is InChI=1S/C8H15N3S/c1-9-3-2-4-10-7-8-11-5-6-12-8/h5-6,9-10H,2-4,7H2,1H3. The van der Waals surface area contributed by atoms with E-state index < -0.39 is 0 Å². The minimum atomic E-state index is 0.904. The molecular formula is C8H15N3S. The Morgan fingerprint density at radius 2 is 2.42 bits per heavy atom. The van der Waals surface area contributed by atoms with Crippen molar-refractivity contribution in [3.8, 4) is 0 Å². The van der Waals surface area contributed by atoms with Crippen molar-refractivity contribution in [3.05, 3.63) is 16.6 Å². The third kappa shape index (κ3) is 3.80. The molecule has 0 aromatic carbocycles. The number of rotatable bonds is 6. The van der Waals surface area contributed by atoms with Gasteiger partial charge in [-0.05, 0) is 26.6 Å². The molecule has 0 amide bonds. The molecule has 4 heteroatoms. The molecule has 0 radical (unpaired) electrons. The monoisotopic (exact) mass is 185 g/mol. The minimum Gasteiger partial charge on any atom is -0.320 e. The highest BCUT2D eigenvalue weighted by atomic mass is 32.1. The van der Waals surface area contributed by atoms with E-state index in [1.165, 1.54) is 11.4 Å². The van der Waals surface area contributed by atoms with Crippen LogP contribution in [0.25, 0.3) is 0 Å². The summed E-state index contributed by atoms with van der Waals surface area (Å²) in [4.78, 5) is 4.17. The summed E-state index contributed by atoms with van der Waals surface area (Å²) in [6, 6.07) is 0. The molecule has 0 bridgehead atoms. The van der Waals surface area contributed by atoms with Gasteiger partial charge < -0.3 is 10.6 Å². The predicted molar refractivity (Wildman–Crippen MR) is 52.4 cm³/mol. The Morgan fingerprint density at radius 3 is 3.08 bits per heavy atom. The van der Waals surface area contributed by atoms with Crippen molar-refractivity contribution < 1.29 is 0 Å². The lowest BCUT2D eigenvalue weighted by molar-refractivity contribution is 0.624. The highest BCUT2D eigenvalue weighted by molar-refractivity contribution is 7.09. The van der Waals surface area contributed by atoms with Crippen molar-refractivity contribution in [2.24, 2.45) is 0 Å². The van der Waals surface area contributed by atoms with Gasteiger partial charge in [-0.25, -0.2) is 4.98 Å². The Balaban J connectivity index is 1.96. The second kappa shape index (κ2) is 6.11. The maximum atomic E-state index is 4.17. The molecule has 3 nitrogen and oxygen atoms in total. The molecule has 0 atom stereocenters. The van der Waals surface area contributed by atoms with Crippen LogP contribution in [0.5, 0.6) is 0 Å². The number of nitrogens with one attached hydrogen (secondary N) is 2. The van der Waals surface area contributed by atoms with Crippen LogP contribution < -0.4 is 10.6 Å². The highest BCUT2D eigenvalue weighted by Gasteiger charge is 1.92. The number of hydrogen-bond donors (Lipinski definition) is 2. The van der Waals surface area contributed by atoms with Crippen LogP contribution in [0.3, 0.4) is 0 Å². The van der Waals surface area contributed by atoms with Gasteiger partial charge in [0.25, 0.3) is 0 Å². The molecule has 0 aliphatic rings. The largest absolute Gasteiger partial charge is 0.320 e. The summed E-state index contributed by atoms with van der Waals surface area (Å²) >= 11 is 1.70. The normalized spacial score (nSPS) is 10.4. The first kappa shape index (κ1) is 9.64. The third-order valence-electron chi connectivity index (χ3n) is 1.54. The Kier molecular flexibility index (Phi) is 4.91. The molecule has 12 heavy (non-hydrogen) atoms. The van der Waals surface area contributed by atoms with Crippen molar-refractivity contribution in [1.82, 2.24) is 15.6 Å². The quantitative estimate of drug-likeness (QED) is 0.645. The van der Waals surface area contributed by atoms with E-state index in [2.05, 4.69) is 15.6 Å². The predicted octanol–water partition coefficient (Wildman–Crippen LogP) is 0.842. The van der Waals surface area contributed by atoms with Crippen LogP contribution in [0.4, 0.5) is 0 Å². The molecule has 0 unspecified atom stereocenters. The first-order valence-corrected chi connectivity index (χ1v) is 5.05. The average Bonchev–Trinajstić information content (AvgIpc) is 2.57. The Bertz CT molecular complexity index is 186. The van der Waals surface area contributed by atoms with Crippen LogP contribution >= 0.6 is 11.3 Å². The fourth-order valence-electron chi connectivity index (χ4n) is 0.926. The average molecular weight is 185 g/mol. The van der Waals surface area contributed by atoms with Crippen molar-refractivity contribution in [2.75, 3.05) is 20.1 Å². The fraction of sp³-hybridized carbons (Fsp3) is 0.625. The van der Waals surface area contributed by atoms with Crippen LogP contribution in [0.15, 0.2) is 11.6 Å². The Labute approximate surface area is 77.2 Å². The molecule has 1 heterocycles. The number of hydrogen-bond acceptors (Lipinski definition) is 4. The zero-order valence-electron chi connectivity index (χ0n) is 7.34. The Hall–Kier alpha value is -0.450. The molecule has 0 saturated carbocycles. The summed E-state index contributed by atoms with van der Waals surface area (Å²) in [6.07, 6.45) is 3.01. The zero-order chi connectivity index (χ0) is 8.65. The molecule has 0 saturated heterocycles. The van der Waals surface area contributed by atoms with Gasteiger partial charge in [0.15, 0.2) is 0 Å². The van der Waals surface area contributed by atoms with Crippen LogP contribution in [0.1, 0.15) is 11.4 Å². The van der Waals surface area contributed by atoms with Gasteiger partial charge in [-0.2, -0.15) is 0 Å². The SMILES string of the molecule is CNCCCNCc1nccs1. The van der Waals surface area contributed by atoms with Crippen molar-refractivity contribution >= 4 is 11.3 Å². The summed E-state index contributed by atoms with van der Waals surface area (Å²) in [5.41, 5.74) is 0. The van der Waals surface area contributed by atoms with Gasteiger partial charge in [-0.15, -0.1) is 11.3 Å². The number of aromatic nitrogens is 1. The van der Waals surface area contributed by atoms with Crippen LogP contribution in [0, 0.1) is 0 Å². The molecule has 0 fully saturated rings. The lowest BCUT2D eigenvalue weighted by Gasteiger charge is -2.00. The van der Waals surface area contributed by atoms with Crippen molar-refractivity contribution in [1.29, 1.82) is 0 Å². The van der Waals surface area contributed by atoms with Gasteiger partial charge in [-0.3, -0.25) is 0 Å². The van der Waals surface area contributed by atoms with Crippen LogP contribution in [-0.4, -0.2) is 25.1 Å². The maximum absolute atomic E-state index is 4.17. The van der Waals surface area contributed by atoms with Crippen molar-refractivity contribution in [2.45, 2.75) is 13.0 Å². The molecule has 68 valence electrons. The molecule has 0 aliphatic heterocycles. The summed E-state index contributed by atoms with van der Waals surface area (Å²) in [6.45, 7) is 3.03. The first-order chi connectivity index (χ1) is 5.93.